The van der Waals surface area contributed by atoms with Crippen LogP contribution in [0.1, 0.15) is 25.7 Å². The van der Waals surface area contributed by atoms with Crippen LogP contribution in [0.5, 0.6) is 0 Å². The molecular weight excluding hydrogens is 316 g/mol. The van der Waals surface area contributed by atoms with Crippen LogP contribution < -0.4 is 0 Å². The van der Waals surface area contributed by atoms with Crippen molar-refractivity contribution in [2.24, 2.45) is 0 Å². The maximum Gasteiger partial charge on any atom is 2.00 e. The molecule has 2 aliphatic rings. The molecule has 0 bridgehead atoms. The van der Waals surface area contributed by atoms with Crippen molar-refractivity contribution in [3.63, 3.8) is 0 Å². The van der Waals surface area contributed by atoms with E-state index in [4.69, 9.17) is 49.7 Å². The molecule has 7 heteroatoms. The molecule has 2 heterocycles. The molecule has 0 aromatic rings. The van der Waals surface area contributed by atoms with Gasteiger partial charge in [0.05, 0.1) is 0 Å². The van der Waals surface area contributed by atoms with Crippen molar-refractivity contribution in [2.45, 2.75) is 25.7 Å². The molecule has 92 valence electrons. The molecule has 0 amide bonds. The van der Waals surface area contributed by atoms with Crippen molar-refractivity contribution < 1.29 is 0 Å². The number of thiocarbonyl (C=S) groups is 2. The molecule has 0 aromatic carbocycles. The zero-order valence-corrected chi connectivity index (χ0v) is 15.4. The van der Waals surface area contributed by atoms with Gasteiger partial charge in [0.15, 0.2) is 0 Å². The molecule has 0 aliphatic carbocycles. The van der Waals surface area contributed by atoms with Crippen LogP contribution in [-0.2, 0) is 25.3 Å². The summed E-state index contributed by atoms with van der Waals surface area (Å²) >= 11 is 19.2. The van der Waals surface area contributed by atoms with E-state index in [1.807, 2.05) is 0 Å². The van der Waals surface area contributed by atoms with Crippen molar-refractivity contribution >= 4 is 96.1 Å². The first kappa shape index (κ1) is 18.5. The minimum absolute atomic E-state index is 0. The van der Waals surface area contributed by atoms with E-state index in [1.54, 1.807) is 0 Å². The van der Waals surface area contributed by atoms with E-state index in [-0.39, 0.29) is 37.7 Å². The Morgan fingerprint density at radius 2 is 0.941 bits per heavy atom. The minimum Gasteiger partial charge on any atom is -0.411 e. The molecule has 0 saturated carbocycles. The minimum atomic E-state index is 0. The topological polar surface area (TPSA) is 6.48 Å². The van der Waals surface area contributed by atoms with Crippen LogP contribution in [0.15, 0.2) is 0 Å². The van der Waals surface area contributed by atoms with Gasteiger partial charge in [0.1, 0.15) is 0 Å². The summed E-state index contributed by atoms with van der Waals surface area (Å²) in [5.41, 5.74) is 0. The standard InChI is InChI=1S/2C5H9NS2.Ca/c2*7-5(8)6-3-1-2-4-6;/h2*1-4H2,(H,7,8);/q;;+2/p-2. The van der Waals surface area contributed by atoms with E-state index < -0.39 is 0 Å². The second-order valence-corrected chi connectivity index (χ2v) is 5.98. The Kier molecular flexibility index (Phi) is 11.2. The Balaban J connectivity index is 0.000000284. The molecule has 17 heavy (non-hydrogen) atoms. The van der Waals surface area contributed by atoms with Crippen molar-refractivity contribution in [2.75, 3.05) is 26.2 Å². The fourth-order valence-electron chi connectivity index (χ4n) is 1.80. The molecule has 0 aromatic heterocycles. The number of rotatable bonds is 0. The number of hydrogen-bond donors (Lipinski definition) is 0. The van der Waals surface area contributed by atoms with Crippen molar-refractivity contribution in [3.05, 3.63) is 0 Å². The van der Waals surface area contributed by atoms with Crippen LogP contribution in [-0.4, -0.2) is 82.4 Å². The molecule has 2 nitrogen and oxygen atoms in total. The Bertz CT molecular complexity index is 225. The molecule has 0 spiro atoms. The van der Waals surface area contributed by atoms with Crippen LogP contribution in [0.3, 0.4) is 0 Å². The molecule has 2 fully saturated rings. The normalized spacial score (nSPS) is 18.1. The van der Waals surface area contributed by atoms with Gasteiger partial charge in [-0.2, -0.15) is 0 Å². The Morgan fingerprint density at radius 3 is 1.06 bits per heavy atom. The van der Waals surface area contributed by atoms with E-state index >= 15 is 0 Å². The summed E-state index contributed by atoms with van der Waals surface area (Å²) in [4.78, 5) is 4.15. The summed E-state index contributed by atoms with van der Waals surface area (Å²) in [6.07, 6.45) is 5.04. The Morgan fingerprint density at radius 1 is 0.706 bits per heavy atom. The second-order valence-electron chi connectivity index (χ2n) is 3.92. The van der Waals surface area contributed by atoms with E-state index in [9.17, 15) is 0 Å². The number of nitrogens with zero attached hydrogens (tertiary/aromatic N) is 2. The first-order valence-corrected chi connectivity index (χ1v) is 7.16. The fraction of sp³-hybridized carbons (Fsp3) is 0.800. The van der Waals surface area contributed by atoms with E-state index in [0.717, 1.165) is 26.2 Å². The van der Waals surface area contributed by atoms with Crippen molar-refractivity contribution in [3.8, 4) is 0 Å². The van der Waals surface area contributed by atoms with Gasteiger partial charge in [0.25, 0.3) is 0 Å². The average Bonchev–Trinajstić information content (AvgIpc) is 2.93. The van der Waals surface area contributed by atoms with E-state index in [1.165, 1.54) is 25.7 Å². The maximum atomic E-state index is 4.80. The van der Waals surface area contributed by atoms with Crippen molar-refractivity contribution in [1.29, 1.82) is 0 Å². The number of hydrogen-bond acceptors (Lipinski definition) is 4. The molecule has 0 N–H and O–H groups in total. The quantitative estimate of drug-likeness (QED) is 0.374. The molecule has 0 atom stereocenters. The maximum absolute atomic E-state index is 4.80. The second kappa shape index (κ2) is 10.3. The molecule has 2 aliphatic heterocycles. The van der Waals surface area contributed by atoms with Gasteiger partial charge in [-0.15, -0.1) is 0 Å². The van der Waals surface area contributed by atoms with Crippen molar-refractivity contribution in [1.82, 2.24) is 9.80 Å². The van der Waals surface area contributed by atoms with Crippen LogP contribution in [0.2, 0.25) is 0 Å². The van der Waals surface area contributed by atoms with Gasteiger partial charge < -0.3 is 59.5 Å². The van der Waals surface area contributed by atoms with Crippen LogP contribution in [0.25, 0.3) is 0 Å². The fourth-order valence-corrected chi connectivity index (χ4v) is 2.53. The Labute approximate surface area is 156 Å². The van der Waals surface area contributed by atoms with Crippen LogP contribution >= 0.6 is 24.4 Å². The summed E-state index contributed by atoms with van der Waals surface area (Å²) in [7, 11) is 0. The first-order valence-electron chi connectivity index (χ1n) is 5.53. The van der Waals surface area contributed by atoms with Gasteiger partial charge in [0, 0.05) is 26.2 Å². The molecule has 0 unspecified atom stereocenters. The summed E-state index contributed by atoms with van der Waals surface area (Å²) in [5, 5.41) is 0. The predicted molar refractivity (Wildman–Crippen MR) is 87.3 cm³/mol. The summed E-state index contributed by atoms with van der Waals surface area (Å²) in [6, 6.07) is 0. The van der Waals surface area contributed by atoms with Crippen LogP contribution in [0.4, 0.5) is 0 Å². The summed E-state index contributed by atoms with van der Waals surface area (Å²) in [5.74, 6) is 0. The van der Waals surface area contributed by atoms with Gasteiger partial charge in [-0.05, 0) is 25.7 Å². The average molecular weight is 333 g/mol. The zero-order chi connectivity index (χ0) is 12.0. The van der Waals surface area contributed by atoms with Crippen LogP contribution in [0, 0.1) is 0 Å². The largest absolute Gasteiger partial charge is 2.00 e. The van der Waals surface area contributed by atoms with Gasteiger partial charge in [-0.3, -0.25) is 0 Å². The van der Waals surface area contributed by atoms with E-state index in [2.05, 4.69) is 9.80 Å². The SMILES string of the molecule is S=C([S-])N1CCCC1.S=C([S-])N1CCCC1.[Ca+2]. The van der Waals surface area contributed by atoms with E-state index in [0.29, 0.717) is 8.64 Å². The van der Waals surface area contributed by atoms with Gasteiger partial charge in [-0.1, -0.05) is 8.64 Å². The van der Waals surface area contributed by atoms with Gasteiger partial charge >= 0.3 is 37.7 Å². The molecular formula is C10H16CaN2S4. The summed E-state index contributed by atoms with van der Waals surface area (Å²) in [6.45, 7) is 4.34. The Hall–Kier alpha value is 1.48. The zero-order valence-electron chi connectivity index (χ0n) is 9.89. The third kappa shape index (κ3) is 7.60. The predicted octanol–water partition coefficient (Wildman–Crippen LogP) is 1.45. The molecule has 2 rings (SSSR count). The third-order valence-corrected chi connectivity index (χ3v) is 3.76. The monoisotopic (exact) mass is 332 g/mol. The first-order chi connectivity index (χ1) is 7.61. The smallest absolute Gasteiger partial charge is 0.411 e. The molecule has 0 radical (unpaired) electrons. The summed E-state index contributed by atoms with van der Waals surface area (Å²) < 4.78 is 1.28. The van der Waals surface area contributed by atoms with Gasteiger partial charge in [-0.25, -0.2) is 0 Å². The van der Waals surface area contributed by atoms with Gasteiger partial charge in [0.2, 0.25) is 0 Å². The number of likely N-dealkylation sites (tertiary alicyclic amines) is 2. The molecule has 2 saturated heterocycles. The third-order valence-electron chi connectivity index (χ3n) is 2.73.